The van der Waals surface area contributed by atoms with Crippen LogP contribution in [0.4, 0.5) is 0 Å². The number of methoxy groups -OCH3 is 1. The van der Waals surface area contributed by atoms with E-state index in [0.717, 1.165) is 35.5 Å². The average Bonchev–Trinajstić information content (AvgIpc) is 3.63. The predicted octanol–water partition coefficient (Wildman–Crippen LogP) is 4.98. The maximum absolute atomic E-state index is 12.9. The van der Waals surface area contributed by atoms with Crippen molar-refractivity contribution in [2.24, 2.45) is 0 Å². The standard InChI is InChI=1S/C28H28N4O3/c1-34-24-11-7-10-23(18-24)25(32-16-5-6-17-32)19-29-26(33)20-12-14-22(15-13-20)28-31-30-27(35-28)21-8-3-2-4-9-21/h2-4,7-15,18,25H,5-6,16-17,19H2,1H3,(H,29,33)/t25-/m0/s1. The third-order valence-electron chi connectivity index (χ3n) is 6.36. The highest BCUT2D eigenvalue weighted by Crippen LogP contribution is 2.28. The fourth-order valence-electron chi connectivity index (χ4n) is 4.45. The normalized spacial score (nSPS) is 14.5. The van der Waals surface area contributed by atoms with Crippen LogP contribution in [0, 0.1) is 0 Å². The Labute approximate surface area is 204 Å². The summed E-state index contributed by atoms with van der Waals surface area (Å²) < 4.78 is 11.2. The fraction of sp³-hybridized carbons (Fsp3) is 0.250. The number of hydrogen-bond donors (Lipinski definition) is 1. The molecular formula is C28H28N4O3. The number of ether oxygens (including phenoxy) is 1. The van der Waals surface area contributed by atoms with Crippen molar-refractivity contribution in [2.45, 2.75) is 18.9 Å². The lowest BCUT2D eigenvalue weighted by Crippen LogP contribution is -2.36. The molecule has 1 amide bonds. The van der Waals surface area contributed by atoms with E-state index in [0.29, 0.717) is 23.9 Å². The maximum Gasteiger partial charge on any atom is 0.251 e. The van der Waals surface area contributed by atoms with Crippen molar-refractivity contribution >= 4 is 5.91 Å². The zero-order valence-corrected chi connectivity index (χ0v) is 19.7. The van der Waals surface area contributed by atoms with E-state index in [2.05, 4.69) is 32.5 Å². The van der Waals surface area contributed by atoms with Crippen LogP contribution in [-0.2, 0) is 0 Å². The van der Waals surface area contributed by atoms with Gasteiger partial charge in [-0.3, -0.25) is 9.69 Å². The Hall–Kier alpha value is -3.97. The predicted molar refractivity (Wildman–Crippen MR) is 134 cm³/mol. The van der Waals surface area contributed by atoms with Crippen LogP contribution in [0.3, 0.4) is 0 Å². The summed E-state index contributed by atoms with van der Waals surface area (Å²) in [5.74, 6) is 1.60. The molecule has 1 fully saturated rings. The summed E-state index contributed by atoms with van der Waals surface area (Å²) in [6.07, 6.45) is 2.36. The van der Waals surface area contributed by atoms with Gasteiger partial charge in [0, 0.05) is 23.2 Å². The minimum atomic E-state index is -0.112. The number of carbonyl (C=O) groups is 1. The van der Waals surface area contributed by atoms with Crippen molar-refractivity contribution in [1.29, 1.82) is 0 Å². The molecule has 1 aliphatic heterocycles. The third-order valence-corrected chi connectivity index (χ3v) is 6.36. The van der Waals surface area contributed by atoms with Crippen molar-refractivity contribution in [3.05, 3.63) is 90.0 Å². The highest BCUT2D eigenvalue weighted by atomic mass is 16.5. The average molecular weight is 469 g/mol. The Morgan fingerprint density at radius 1 is 0.943 bits per heavy atom. The molecule has 7 nitrogen and oxygen atoms in total. The fourth-order valence-corrected chi connectivity index (χ4v) is 4.45. The molecule has 0 saturated carbocycles. The number of likely N-dealkylation sites (tertiary alicyclic amines) is 1. The van der Waals surface area contributed by atoms with Gasteiger partial charge in [0.1, 0.15) is 5.75 Å². The number of carbonyl (C=O) groups excluding carboxylic acids is 1. The van der Waals surface area contributed by atoms with Gasteiger partial charge in [0.2, 0.25) is 11.8 Å². The molecule has 4 aromatic rings. The molecule has 35 heavy (non-hydrogen) atoms. The van der Waals surface area contributed by atoms with Gasteiger partial charge < -0.3 is 14.5 Å². The zero-order chi connectivity index (χ0) is 24.0. The number of nitrogens with zero attached hydrogens (tertiary/aromatic N) is 3. The van der Waals surface area contributed by atoms with Crippen LogP contribution in [0.15, 0.2) is 83.3 Å². The van der Waals surface area contributed by atoms with Gasteiger partial charge in [-0.25, -0.2) is 0 Å². The van der Waals surface area contributed by atoms with Gasteiger partial charge in [0.05, 0.1) is 13.2 Å². The Bertz CT molecular complexity index is 1260. The van der Waals surface area contributed by atoms with E-state index < -0.39 is 0 Å². The summed E-state index contributed by atoms with van der Waals surface area (Å²) in [7, 11) is 1.67. The van der Waals surface area contributed by atoms with Gasteiger partial charge in [0.25, 0.3) is 5.91 Å². The van der Waals surface area contributed by atoms with Gasteiger partial charge in [-0.1, -0.05) is 30.3 Å². The molecule has 2 heterocycles. The SMILES string of the molecule is COc1cccc([C@H](CNC(=O)c2ccc(-c3nnc(-c4ccccc4)o3)cc2)N2CCCC2)c1. The Morgan fingerprint density at radius 3 is 2.31 bits per heavy atom. The van der Waals surface area contributed by atoms with E-state index in [1.54, 1.807) is 19.2 Å². The molecule has 0 spiro atoms. The first kappa shape index (κ1) is 22.8. The molecule has 0 bridgehead atoms. The Morgan fingerprint density at radius 2 is 1.63 bits per heavy atom. The maximum atomic E-state index is 12.9. The summed E-state index contributed by atoms with van der Waals surface area (Å²) in [4.78, 5) is 15.4. The molecule has 1 saturated heterocycles. The number of nitrogens with one attached hydrogen (secondary N) is 1. The lowest BCUT2D eigenvalue weighted by Gasteiger charge is -2.28. The monoisotopic (exact) mass is 468 g/mol. The molecule has 5 rings (SSSR count). The first-order valence-corrected chi connectivity index (χ1v) is 11.9. The van der Waals surface area contributed by atoms with E-state index in [9.17, 15) is 4.79 Å². The second-order valence-corrected chi connectivity index (χ2v) is 8.60. The van der Waals surface area contributed by atoms with Gasteiger partial charge in [0.15, 0.2) is 0 Å². The molecule has 3 aromatic carbocycles. The molecule has 0 radical (unpaired) electrons. The van der Waals surface area contributed by atoms with Crippen LogP contribution in [0.2, 0.25) is 0 Å². The van der Waals surface area contributed by atoms with Crippen LogP contribution in [0.1, 0.15) is 34.8 Å². The van der Waals surface area contributed by atoms with Crippen molar-refractivity contribution in [3.8, 4) is 28.7 Å². The minimum Gasteiger partial charge on any atom is -0.497 e. The molecule has 178 valence electrons. The summed E-state index contributed by atoms with van der Waals surface area (Å²) in [6.45, 7) is 2.58. The molecule has 0 unspecified atom stereocenters. The van der Waals surface area contributed by atoms with Crippen LogP contribution >= 0.6 is 0 Å². The zero-order valence-electron chi connectivity index (χ0n) is 19.7. The lowest BCUT2D eigenvalue weighted by molar-refractivity contribution is 0.0938. The first-order chi connectivity index (χ1) is 17.2. The van der Waals surface area contributed by atoms with Gasteiger partial charge in [-0.15, -0.1) is 10.2 Å². The highest BCUT2D eigenvalue weighted by molar-refractivity contribution is 5.94. The van der Waals surface area contributed by atoms with E-state index in [1.807, 2.05) is 54.6 Å². The van der Waals surface area contributed by atoms with Crippen LogP contribution in [0.5, 0.6) is 5.75 Å². The van der Waals surface area contributed by atoms with Gasteiger partial charge in [-0.2, -0.15) is 0 Å². The smallest absolute Gasteiger partial charge is 0.251 e. The molecule has 1 atom stereocenters. The molecule has 1 aromatic heterocycles. The van der Waals surface area contributed by atoms with Crippen LogP contribution < -0.4 is 10.1 Å². The quantitative estimate of drug-likeness (QED) is 0.393. The second kappa shape index (κ2) is 10.5. The summed E-state index contributed by atoms with van der Waals surface area (Å²) in [5.41, 5.74) is 3.36. The Balaban J connectivity index is 1.26. The van der Waals surface area contributed by atoms with Crippen LogP contribution in [0.25, 0.3) is 22.9 Å². The molecule has 1 N–H and O–H groups in total. The summed E-state index contributed by atoms with van der Waals surface area (Å²) in [6, 6.07) is 25.1. The van der Waals surface area contributed by atoms with Crippen molar-refractivity contribution < 1.29 is 13.9 Å². The Kier molecular flexibility index (Phi) is 6.86. The summed E-state index contributed by atoms with van der Waals surface area (Å²) in [5, 5.41) is 11.4. The molecule has 7 heteroatoms. The largest absolute Gasteiger partial charge is 0.497 e. The number of aromatic nitrogens is 2. The lowest BCUT2D eigenvalue weighted by atomic mass is 10.0. The third kappa shape index (κ3) is 5.25. The molecule has 0 aliphatic carbocycles. The first-order valence-electron chi connectivity index (χ1n) is 11.9. The number of rotatable bonds is 8. The van der Waals surface area contributed by atoms with Crippen molar-refractivity contribution in [3.63, 3.8) is 0 Å². The van der Waals surface area contributed by atoms with E-state index in [4.69, 9.17) is 9.15 Å². The van der Waals surface area contributed by atoms with E-state index in [-0.39, 0.29) is 11.9 Å². The van der Waals surface area contributed by atoms with Crippen LogP contribution in [-0.4, -0.2) is 47.7 Å². The number of amides is 1. The topological polar surface area (TPSA) is 80.5 Å². The molecule has 1 aliphatic rings. The van der Waals surface area contributed by atoms with Crippen molar-refractivity contribution in [2.75, 3.05) is 26.7 Å². The highest BCUT2D eigenvalue weighted by Gasteiger charge is 2.24. The summed E-state index contributed by atoms with van der Waals surface area (Å²) >= 11 is 0. The number of hydrogen-bond acceptors (Lipinski definition) is 6. The van der Waals surface area contributed by atoms with E-state index >= 15 is 0 Å². The van der Waals surface area contributed by atoms with Gasteiger partial charge in [-0.05, 0) is 80.0 Å². The molecular weight excluding hydrogens is 440 g/mol. The van der Waals surface area contributed by atoms with E-state index in [1.165, 1.54) is 12.8 Å². The minimum absolute atomic E-state index is 0.102. The second-order valence-electron chi connectivity index (χ2n) is 8.60. The van der Waals surface area contributed by atoms with Gasteiger partial charge >= 0.3 is 0 Å². The number of benzene rings is 3. The van der Waals surface area contributed by atoms with Crippen molar-refractivity contribution in [1.82, 2.24) is 20.4 Å².